The average molecular weight is 299 g/mol. The maximum atomic E-state index is 5.55. The van der Waals surface area contributed by atoms with Gasteiger partial charge in [-0.15, -0.1) is 0 Å². The van der Waals surface area contributed by atoms with E-state index in [4.69, 9.17) is 4.42 Å². The van der Waals surface area contributed by atoms with Crippen LogP contribution >= 0.6 is 0 Å². The lowest BCUT2D eigenvalue weighted by molar-refractivity contribution is 0.638. The molecule has 5 aromatic rings. The third kappa shape index (κ3) is 1.85. The summed E-state index contributed by atoms with van der Waals surface area (Å²) in [7, 11) is 0. The first kappa shape index (κ1) is 12.2. The zero-order valence-electron chi connectivity index (χ0n) is 11.8. The van der Waals surface area contributed by atoms with E-state index in [1.54, 1.807) is 18.6 Å². The van der Waals surface area contributed by atoms with Gasteiger partial charge in [-0.1, -0.05) is 24.3 Å². The number of para-hydroxylation sites is 1. The average Bonchev–Trinajstić information content (AvgIpc) is 2.99. The van der Waals surface area contributed by atoms with Crippen LogP contribution in [0.5, 0.6) is 0 Å². The standard InChI is InChI=1S/C17H9N5O/c1-2-4-11-10(3-1)5-6-12(21-11)13-9-20-17-15(22-13)14-16(23-17)19-8-7-18-14/h1-9H. The number of fused-ring (bicyclic) bond motifs is 4. The predicted octanol–water partition coefficient (Wildman–Crippen LogP) is 3.38. The lowest BCUT2D eigenvalue weighted by Crippen LogP contribution is -1.90. The zero-order chi connectivity index (χ0) is 15.2. The molecule has 6 heteroatoms. The molecule has 4 heterocycles. The van der Waals surface area contributed by atoms with Gasteiger partial charge in [-0.2, -0.15) is 0 Å². The Morgan fingerprint density at radius 3 is 2.57 bits per heavy atom. The van der Waals surface area contributed by atoms with Gasteiger partial charge in [0.05, 0.1) is 17.4 Å². The van der Waals surface area contributed by atoms with Crippen LogP contribution in [0.25, 0.3) is 44.8 Å². The van der Waals surface area contributed by atoms with Crippen LogP contribution in [0, 0.1) is 0 Å². The van der Waals surface area contributed by atoms with E-state index in [9.17, 15) is 0 Å². The lowest BCUT2D eigenvalue weighted by atomic mass is 10.2. The van der Waals surface area contributed by atoms with E-state index in [0.717, 1.165) is 16.6 Å². The minimum atomic E-state index is 0.427. The van der Waals surface area contributed by atoms with E-state index >= 15 is 0 Å². The van der Waals surface area contributed by atoms with Crippen molar-refractivity contribution in [3.8, 4) is 11.4 Å². The summed E-state index contributed by atoms with van der Waals surface area (Å²) in [6, 6.07) is 11.9. The number of hydrogen-bond acceptors (Lipinski definition) is 6. The van der Waals surface area contributed by atoms with Gasteiger partial charge in [0.15, 0.2) is 11.0 Å². The van der Waals surface area contributed by atoms with Crippen LogP contribution in [0.15, 0.2) is 59.4 Å². The van der Waals surface area contributed by atoms with Crippen molar-refractivity contribution in [1.82, 2.24) is 24.9 Å². The van der Waals surface area contributed by atoms with Gasteiger partial charge < -0.3 is 4.42 Å². The van der Waals surface area contributed by atoms with Crippen LogP contribution in [0.1, 0.15) is 0 Å². The summed E-state index contributed by atoms with van der Waals surface area (Å²) in [6.07, 6.45) is 4.85. The summed E-state index contributed by atoms with van der Waals surface area (Å²) in [5.74, 6) is 0. The lowest BCUT2D eigenvalue weighted by Gasteiger charge is -2.02. The SMILES string of the molecule is c1ccc2nc(-c3cnc4oc5nccnc5c4n3)ccc2c1. The van der Waals surface area contributed by atoms with E-state index in [2.05, 4.69) is 24.9 Å². The van der Waals surface area contributed by atoms with E-state index < -0.39 is 0 Å². The quantitative estimate of drug-likeness (QED) is 0.472. The Balaban J connectivity index is 1.76. The van der Waals surface area contributed by atoms with E-state index in [1.165, 1.54) is 0 Å². The molecule has 0 saturated heterocycles. The second-order valence-electron chi connectivity index (χ2n) is 5.11. The molecule has 0 spiro atoms. The second kappa shape index (κ2) is 4.54. The third-order valence-electron chi connectivity index (χ3n) is 3.68. The number of hydrogen-bond donors (Lipinski definition) is 0. The number of nitrogens with zero attached hydrogens (tertiary/aromatic N) is 5. The van der Waals surface area contributed by atoms with Crippen molar-refractivity contribution in [2.75, 3.05) is 0 Å². The minimum absolute atomic E-state index is 0.427. The molecular formula is C17H9N5O. The smallest absolute Gasteiger partial charge is 0.249 e. The Bertz CT molecular complexity index is 1180. The highest BCUT2D eigenvalue weighted by molar-refractivity contribution is 5.96. The third-order valence-corrected chi connectivity index (χ3v) is 3.68. The highest BCUT2D eigenvalue weighted by Gasteiger charge is 2.13. The maximum Gasteiger partial charge on any atom is 0.249 e. The molecule has 0 atom stereocenters. The Morgan fingerprint density at radius 2 is 1.57 bits per heavy atom. The van der Waals surface area contributed by atoms with Crippen LogP contribution in [-0.4, -0.2) is 24.9 Å². The Labute approximate surface area is 129 Å². The molecule has 1 aromatic carbocycles. The van der Waals surface area contributed by atoms with Crippen LogP contribution in [-0.2, 0) is 0 Å². The second-order valence-corrected chi connectivity index (χ2v) is 5.11. The van der Waals surface area contributed by atoms with Gasteiger partial charge in [-0.3, -0.25) is 0 Å². The molecule has 0 amide bonds. The fraction of sp³-hybridized carbons (Fsp3) is 0. The van der Waals surface area contributed by atoms with Crippen molar-refractivity contribution in [2.24, 2.45) is 0 Å². The predicted molar refractivity (Wildman–Crippen MR) is 85.6 cm³/mol. The molecule has 6 nitrogen and oxygen atoms in total. The first-order chi connectivity index (χ1) is 11.4. The number of benzene rings is 1. The summed E-state index contributed by atoms with van der Waals surface area (Å²) >= 11 is 0. The highest BCUT2D eigenvalue weighted by atomic mass is 16.3. The van der Waals surface area contributed by atoms with Crippen molar-refractivity contribution in [3.05, 3.63) is 55.0 Å². The van der Waals surface area contributed by atoms with Gasteiger partial charge in [0.25, 0.3) is 0 Å². The largest absolute Gasteiger partial charge is 0.416 e. The van der Waals surface area contributed by atoms with Gasteiger partial charge in [-0.05, 0) is 12.1 Å². The normalized spacial score (nSPS) is 11.5. The van der Waals surface area contributed by atoms with Crippen molar-refractivity contribution >= 4 is 33.4 Å². The number of rotatable bonds is 1. The van der Waals surface area contributed by atoms with E-state index in [-0.39, 0.29) is 0 Å². The summed E-state index contributed by atoms with van der Waals surface area (Å²) in [5.41, 5.74) is 4.43. The summed E-state index contributed by atoms with van der Waals surface area (Å²) in [5, 5.41) is 1.09. The van der Waals surface area contributed by atoms with Crippen LogP contribution in [0.3, 0.4) is 0 Å². The molecule has 4 aromatic heterocycles. The number of furan rings is 1. The number of pyridine rings is 1. The molecule has 5 rings (SSSR count). The fourth-order valence-corrected chi connectivity index (χ4v) is 2.59. The summed E-state index contributed by atoms with van der Waals surface area (Å²) in [6.45, 7) is 0. The molecule has 0 bridgehead atoms. The monoisotopic (exact) mass is 299 g/mol. The van der Waals surface area contributed by atoms with E-state index in [1.807, 2.05) is 36.4 Å². The molecular weight excluding hydrogens is 290 g/mol. The molecule has 108 valence electrons. The van der Waals surface area contributed by atoms with E-state index in [0.29, 0.717) is 28.2 Å². The van der Waals surface area contributed by atoms with Crippen LogP contribution in [0.4, 0.5) is 0 Å². The zero-order valence-corrected chi connectivity index (χ0v) is 11.8. The van der Waals surface area contributed by atoms with Crippen molar-refractivity contribution in [2.45, 2.75) is 0 Å². The van der Waals surface area contributed by atoms with Crippen molar-refractivity contribution < 1.29 is 4.42 Å². The molecule has 0 saturated carbocycles. The first-order valence-electron chi connectivity index (χ1n) is 7.11. The Morgan fingerprint density at radius 1 is 0.696 bits per heavy atom. The van der Waals surface area contributed by atoms with Crippen molar-refractivity contribution in [3.63, 3.8) is 0 Å². The molecule has 0 unspecified atom stereocenters. The van der Waals surface area contributed by atoms with Crippen LogP contribution < -0.4 is 0 Å². The number of aromatic nitrogens is 5. The molecule has 23 heavy (non-hydrogen) atoms. The molecule has 0 N–H and O–H groups in total. The Hall–Kier alpha value is -3.41. The highest BCUT2D eigenvalue weighted by Crippen LogP contribution is 2.25. The first-order valence-corrected chi connectivity index (χ1v) is 7.11. The van der Waals surface area contributed by atoms with Gasteiger partial charge in [0.1, 0.15) is 5.69 Å². The summed E-state index contributed by atoms with van der Waals surface area (Å²) in [4.78, 5) is 22.0. The molecule has 0 radical (unpaired) electrons. The van der Waals surface area contributed by atoms with Crippen LogP contribution in [0.2, 0.25) is 0 Å². The van der Waals surface area contributed by atoms with Gasteiger partial charge in [0.2, 0.25) is 11.4 Å². The maximum absolute atomic E-state index is 5.55. The topological polar surface area (TPSA) is 77.6 Å². The van der Waals surface area contributed by atoms with Gasteiger partial charge in [0, 0.05) is 17.8 Å². The van der Waals surface area contributed by atoms with Gasteiger partial charge >= 0.3 is 0 Å². The fourth-order valence-electron chi connectivity index (χ4n) is 2.59. The molecule has 0 aliphatic rings. The Kier molecular flexibility index (Phi) is 2.40. The van der Waals surface area contributed by atoms with Gasteiger partial charge in [-0.25, -0.2) is 24.9 Å². The summed E-state index contributed by atoms with van der Waals surface area (Å²) < 4.78 is 5.55. The minimum Gasteiger partial charge on any atom is -0.416 e. The molecule has 0 aliphatic heterocycles. The van der Waals surface area contributed by atoms with Crippen molar-refractivity contribution in [1.29, 1.82) is 0 Å². The molecule has 0 aliphatic carbocycles. The molecule has 0 fully saturated rings.